The number of anilines is 1. The van der Waals surface area contributed by atoms with E-state index in [1.807, 2.05) is 20.8 Å². The Hall–Kier alpha value is -2.08. The fraction of sp³-hybridized carbons (Fsp3) is 0.438. The van der Waals surface area contributed by atoms with Crippen molar-refractivity contribution in [1.82, 2.24) is 15.5 Å². The van der Waals surface area contributed by atoms with E-state index >= 15 is 0 Å². The van der Waals surface area contributed by atoms with E-state index in [1.165, 1.54) is 0 Å². The lowest BCUT2D eigenvalue weighted by Gasteiger charge is -2.24. The number of benzene rings is 1. The van der Waals surface area contributed by atoms with E-state index in [9.17, 15) is 4.79 Å². The first-order valence-electron chi connectivity index (χ1n) is 7.46. The Labute approximate surface area is 140 Å². The van der Waals surface area contributed by atoms with Crippen molar-refractivity contribution in [3.05, 3.63) is 40.5 Å². The first kappa shape index (κ1) is 17.3. The first-order valence-corrected chi connectivity index (χ1v) is 7.83. The van der Waals surface area contributed by atoms with Gasteiger partial charge in [-0.2, -0.15) is 4.98 Å². The molecular weight excluding hydrogens is 316 g/mol. The van der Waals surface area contributed by atoms with Crippen LogP contribution in [0.1, 0.15) is 49.3 Å². The third kappa shape index (κ3) is 4.69. The molecule has 2 rings (SSSR count). The molecule has 0 atom stereocenters. The minimum Gasteiger partial charge on any atom is -0.376 e. The Morgan fingerprint density at radius 2 is 2.13 bits per heavy atom. The summed E-state index contributed by atoms with van der Waals surface area (Å²) in [6.45, 7) is 8.12. The van der Waals surface area contributed by atoms with Gasteiger partial charge in [-0.15, -0.1) is 0 Å². The molecule has 1 amide bonds. The van der Waals surface area contributed by atoms with E-state index in [2.05, 4.69) is 20.8 Å². The van der Waals surface area contributed by atoms with Crippen LogP contribution in [0, 0.1) is 6.92 Å². The molecule has 0 aliphatic carbocycles. The van der Waals surface area contributed by atoms with Crippen molar-refractivity contribution in [2.45, 2.75) is 46.2 Å². The van der Waals surface area contributed by atoms with Gasteiger partial charge in [-0.3, -0.25) is 4.79 Å². The monoisotopic (exact) mass is 336 g/mol. The van der Waals surface area contributed by atoms with Crippen LogP contribution in [0.3, 0.4) is 0 Å². The Morgan fingerprint density at radius 3 is 2.70 bits per heavy atom. The molecule has 124 valence electrons. The minimum absolute atomic E-state index is 0.180. The topological polar surface area (TPSA) is 80.0 Å². The summed E-state index contributed by atoms with van der Waals surface area (Å²) < 4.78 is 5.02. The van der Waals surface area contributed by atoms with E-state index in [1.54, 1.807) is 25.1 Å². The first-order chi connectivity index (χ1) is 10.8. The standard InChI is InChI=1S/C16H21ClN4O2/c1-5-16(3,4)20-15(22)12-7-6-11(8-13(12)17)18-9-14-19-10(2)21-23-14/h6-8,18H,5,9H2,1-4H3,(H,20,22). The number of nitrogens with one attached hydrogen (secondary N) is 2. The normalized spacial score (nSPS) is 11.3. The van der Waals surface area contributed by atoms with Crippen LogP contribution in [0.4, 0.5) is 5.69 Å². The number of aryl methyl sites for hydroxylation is 1. The van der Waals surface area contributed by atoms with Crippen molar-refractivity contribution in [1.29, 1.82) is 0 Å². The van der Waals surface area contributed by atoms with Gasteiger partial charge in [0.1, 0.15) is 0 Å². The lowest BCUT2D eigenvalue weighted by Crippen LogP contribution is -2.42. The van der Waals surface area contributed by atoms with Gasteiger partial charge in [0.15, 0.2) is 5.82 Å². The predicted octanol–water partition coefficient (Wildman–Crippen LogP) is 3.56. The van der Waals surface area contributed by atoms with Gasteiger partial charge in [-0.1, -0.05) is 23.7 Å². The summed E-state index contributed by atoms with van der Waals surface area (Å²) in [6, 6.07) is 5.20. The van der Waals surface area contributed by atoms with Gasteiger partial charge in [0.25, 0.3) is 5.91 Å². The van der Waals surface area contributed by atoms with E-state index in [0.717, 1.165) is 12.1 Å². The minimum atomic E-state index is -0.271. The van der Waals surface area contributed by atoms with Crippen molar-refractivity contribution in [2.24, 2.45) is 0 Å². The maximum atomic E-state index is 12.3. The van der Waals surface area contributed by atoms with Crippen LogP contribution < -0.4 is 10.6 Å². The number of hydrogen-bond donors (Lipinski definition) is 2. The summed E-state index contributed by atoms with van der Waals surface area (Å²) >= 11 is 6.23. The molecule has 2 aromatic rings. The average molecular weight is 337 g/mol. The fourth-order valence-corrected chi connectivity index (χ4v) is 2.13. The molecule has 1 heterocycles. The van der Waals surface area contributed by atoms with Crippen LogP contribution >= 0.6 is 11.6 Å². The van der Waals surface area contributed by atoms with Gasteiger partial charge in [-0.25, -0.2) is 0 Å². The summed E-state index contributed by atoms with van der Waals surface area (Å²) in [4.78, 5) is 16.4. The molecule has 1 aromatic carbocycles. The number of rotatable bonds is 6. The Kier molecular flexibility index (Phi) is 5.26. The number of amides is 1. The van der Waals surface area contributed by atoms with Crippen LogP contribution in [-0.2, 0) is 6.54 Å². The number of halogens is 1. The highest BCUT2D eigenvalue weighted by atomic mass is 35.5. The number of carbonyl (C=O) groups excluding carboxylic acids is 1. The second-order valence-electron chi connectivity index (χ2n) is 5.98. The van der Waals surface area contributed by atoms with Crippen LogP contribution in [0.15, 0.2) is 22.7 Å². The molecule has 0 bridgehead atoms. The SMILES string of the molecule is CCC(C)(C)NC(=O)c1ccc(NCc2nc(C)no2)cc1Cl. The molecule has 0 aliphatic rings. The van der Waals surface area contributed by atoms with Gasteiger partial charge in [0, 0.05) is 11.2 Å². The lowest BCUT2D eigenvalue weighted by molar-refractivity contribution is 0.0911. The fourth-order valence-electron chi connectivity index (χ4n) is 1.86. The second-order valence-corrected chi connectivity index (χ2v) is 6.38. The summed E-state index contributed by atoms with van der Waals surface area (Å²) in [6.07, 6.45) is 0.833. The van der Waals surface area contributed by atoms with Crippen LogP contribution in [0.2, 0.25) is 5.02 Å². The van der Waals surface area contributed by atoms with E-state index in [4.69, 9.17) is 16.1 Å². The molecule has 23 heavy (non-hydrogen) atoms. The molecule has 0 saturated carbocycles. The highest BCUT2D eigenvalue weighted by Gasteiger charge is 2.20. The molecule has 7 heteroatoms. The quantitative estimate of drug-likeness (QED) is 0.843. The molecule has 1 aromatic heterocycles. The smallest absolute Gasteiger partial charge is 0.253 e. The summed E-state index contributed by atoms with van der Waals surface area (Å²) in [7, 11) is 0. The van der Waals surface area contributed by atoms with Crippen molar-refractivity contribution < 1.29 is 9.32 Å². The van der Waals surface area contributed by atoms with Crippen molar-refractivity contribution in [3.8, 4) is 0 Å². The van der Waals surface area contributed by atoms with Gasteiger partial charge in [-0.05, 0) is 45.4 Å². The number of aromatic nitrogens is 2. The molecule has 0 spiro atoms. The summed E-state index contributed by atoms with van der Waals surface area (Å²) in [5.41, 5.74) is 0.956. The van der Waals surface area contributed by atoms with Gasteiger partial charge in [0.2, 0.25) is 5.89 Å². The number of hydrogen-bond acceptors (Lipinski definition) is 5. The molecule has 0 aliphatic heterocycles. The zero-order chi connectivity index (χ0) is 17.0. The Bertz CT molecular complexity index is 697. The third-order valence-corrected chi connectivity index (χ3v) is 3.88. The highest BCUT2D eigenvalue weighted by molar-refractivity contribution is 6.34. The maximum absolute atomic E-state index is 12.3. The van der Waals surface area contributed by atoms with E-state index in [0.29, 0.717) is 28.8 Å². The predicted molar refractivity (Wildman–Crippen MR) is 89.6 cm³/mol. The summed E-state index contributed by atoms with van der Waals surface area (Å²) in [5, 5.41) is 10.2. The van der Waals surface area contributed by atoms with Gasteiger partial charge < -0.3 is 15.2 Å². The summed E-state index contributed by atoms with van der Waals surface area (Å²) in [5.74, 6) is 0.899. The molecule has 2 N–H and O–H groups in total. The van der Waals surface area contributed by atoms with E-state index in [-0.39, 0.29) is 11.4 Å². The van der Waals surface area contributed by atoms with Crippen molar-refractivity contribution in [2.75, 3.05) is 5.32 Å². The van der Waals surface area contributed by atoms with E-state index < -0.39 is 0 Å². The van der Waals surface area contributed by atoms with Gasteiger partial charge >= 0.3 is 0 Å². The molecule has 0 fully saturated rings. The Balaban J connectivity index is 2.04. The molecule has 0 radical (unpaired) electrons. The molecule has 6 nitrogen and oxygen atoms in total. The molecule has 0 unspecified atom stereocenters. The van der Waals surface area contributed by atoms with Crippen molar-refractivity contribution >= 4 is 23.2 Å². The van der Waals surface area contributed by atoms with Crippen molar-refractivity contribution in [3.63, 3.8) is 0 Å². The Morgan fingerprint density at radius 1 is 1.39 bits per heavy atom. The molecule has 0 saturated heterocycles. The van der Waals surface area contributed by atoms with Crippen LogP contribution in [0.25, 0.3) is 0 Å². The zero-order valence-corrected chi connectivity index (χ0v) is 14.5. The van der Waals surface area contributed by atoms with Crippen LogP contribution in [0.5, 0.6) is 0 Å². The number of carbonyl (C=O) groups is 1. The van der Waals surface area contributed by atoms with Gasteiger partial charge in [0.05, 0.1) is 17.1 Å². The lowest BCUT2D eigenvalue weighted by atomic mass is 10.0. The average Bonchev–Trinajstić information content (AvgIpc) is 2.90. The third-order valence-electron chi connectivity index (χ3n) is 3.56. The highest BCUT2D eigenvalue weighted by Crippen LogP contribution is 2.22. The number of nitrogens with zero attached hydrogens (tertiary/aromatic N) is 2. The zero-order valence-electron chi connectivity index (χ0n) is 13.7. The largest absolute Gasteiger partial charge is 0.376 e. The second kappa shape index (κ2) is 7.00. The maximum Gasteiger partial charge on any atom is 0.253 e. The van der Waals surface area contributed by atoms with Crippen LogP contribution in [-0.4, -0.2) is 21.6 Å². The molecular formula is C16H21ClN4O2.